The number of carbonyl (C=O) groups excluding carboxylic acids is 1. The highest BCUT2D eigenvalue weighted by Gasteiger charge is 2.41. The Labute approximate surface area is 185 Å². The lowest BCUT2D eigenvalue weighted by molar-refractivity contribution is -0.115. The van der Waals surface area contributed by atoms with Crippen molar-refractivity contribution in [1.29, 1.82) is 0 Å². The Morgan fingerprint density at radius 2 is 1.67 bits per heavy atom. The summed E-state index contributed by atoms with van der Waals surface area (Å²) < 4.78 is 39.8. The second kappa shape index (κ2) is 6.87. The van der Waals surface area contributed by atoms with Crippen molar-refractivity contribution in [3.63, 3.8) is 0 Å². The molecule has 4 aromatic rings. The van der Waals surface area contributed by atoms with E-state index >= 15 is 0 Å². The number of allylic oxidation sites excluding steroid dienone is 1. The molecule has 2 aliphatic rings. The maximum atomic E-state index is 14.3. The molecule has 0 amide bonds. The van der Waals surface area contributed by atoms with E-state index in [4.69, 9.17) is 9.15 Å². The summed E-state index contributed by atoms with van der Waals surface area (Å²) in [6, 6.07) is 15.2. The van der Waals surface area contributed by atoms with E-state index in [-0.39, 0.29) is 46.0 Å². The molecule has 5 nitrogen and oxygen atoms in total. The van der Waals surface area contributed by atoms with E-state index in [0.717, 1.165) is 12.1 Å². The van der Waals surface area contributed by atoms with Crippen LogP contribution in [0.2, 0.25) is 0 Å². The Bertz CT molecular complexity index is 1600. The SMILES string of the molecule is O=C1Cc2ccccc2C(O)=C1C1c2cc(F)c(F)cc2Oc2c1c(=O)oc1ccccc21. The number of fused-ring (bicyclic) bond motifs is 5. The summed E-state index contributed by atoms with van der Waals surface area (Å²) >= 11 is 0. The fraction of sp³-hybridized carbons (Fsp3) is 0.0769. The molecule has 0 spiro atoms. The molecule has 0 saturated heterocycles. The molecule has 1 aliphatic carbocycles. The van der Waals surface area contributed by atoms with Crippen LogP contribution in [-0.4, -0.2) is 10.9 Å². The minimum atomic E-state index is -1.21. The van der Waals surface area contributed by atoms with Gasteiger partial charge in [-0.05, 0) is 23.8 Å². The predicted molar refractivity (Wildman–Crippen MR) is 115 cm³/mol. The number of Topliss-reactive ketones (excluding diaryl/α,β-unsaturated/α-hetero) is 1. The average molecular weight is 444 g/mol. The Balaban J connectivity index is 1.73. The van der Waals surface area contributed by atoms with Crippen LogP contribution < -0.4 is 10.4 Å². The van der Waals surface area contributed by atoms with Crippen LogP contribution in [0.15, 0.2) is 75.4 Å². The summed E-state index contributed by atoms with van der Waals surface area (Å²) in [5.74, 6) is -4.23. The number of ether oxygens (including phenoxy) is 1. The normalized spacial score (nSPS) is 16.8. The van der Waals surface area contributed by atoms with Crippen LogP contribution in [0, 0.1) is 11.6 Å². The van der Waals surface area contributed by atoms with E-state index in [1.165, 1.54) is 0 Å². The molecular formula is C26H14F2O5. The fourth-order valence-corrected chi connectivity index (χ4v) is 4.67. The van der Waals surface area contributed by atoms with Gasteiger partial charge in [-0.15, -0.1) is 0 Å². The first kappa shape index (κ1) is 19.4. The molecular weight excluding hydrogens is 430 g/mol. The average Bonchev–Trinajstić information content (AvgIpc) is 2.80. The zero-order valence-electron chi connectivity index (χ0n) is 16.9. The summed E-state index contributed by atoms with van der Waals surface area (Å²) in [6.45, 7) is 0. The van der Waals surface area contributed by atoms with Gasteiger partial charge in [-0.1, -0.05) is 36.4 Å². The number of benzene rings is 3. The number of hydrogen-bond acceptors (Lipinski definition) is 5. The Morgan fingerprint density at radius 3 is 2.52 bits per heavy atom. The summed E-state index contributed by atoms with van der Waals surface area (Å²) in [5, 5.41) is 11.6. The molecule has 1 aromatic heterocycles. The van der Waals surface area contributed by atoms with Crippen molar-refractivity contribution in [1.82, 2.24) is 0 Å². The highest BCUT2D eigenvalue weighted by atomic mass is 19.2. The van der Waals surface area contributed by atoms with Gasteiger partial charge in [0.2, 0.25) is 0 Å². The third kappa shape index (κ3) is 2.75. The van der Waals surface area contributed by atoms with Gasteiger partial charge in [0.1, 0.15) is 22.8 Å². The van der Waals surface area contributed by atoms with Crippen LogP contribution in [0.3, 0.4) is 0 Å². The third-order valence-corrected chi connectivity index (χ3v) is 6.13. The summed E-state index contributed by atoms with van der Waals surface area (Å²) in [6.07, 6.45) is -0.0137. The number of para-hydroxylation sites is 1. The van der Waals surface area contributed by atoms with Gasteiger partial charge in [0, 0.05) is 23.6 Å². The molecule has 2 heterocycles. The predicted octanol–water partition coefficient (Wildman–Crippen LogP) is 5.40. The molecule has 7 heteroatoms. The second-order valence-electron chi connectivity index (χ2n) is 7.99. The number of aliphatic hydroxyl groups is 1. The molecule has 0 bridgehead atoms. The van der Waals surface area contributed by atoms with E-state index in [2.05, 4.69) is 0 Å². The summed E-state index contributed by atoms with van der Waals surface area (Å²) in [7, 11) is 0. The molecule has 162 valence electrons. The standard InChI is InChI=1S/C26H14F2O5/c27-16-10-15-20(11-17(16)28)32-25-14-7-3-4-8-19(14)33-26(31)23(25)21(15)22-18(29)9-12-5-1-2-6-13(12)24(22)30/h1-8,10-11,21,30H,9H2. The van der Waals surface area contributed by atoms with Gasteiger partial charge in [0.25, 0.3) is 0 Å². The van der Waals surface area contributed by atoms with Gasteiger partial charge in [0.05, 0.1) is 22.4 Å². The van der Waals surface area contributed by atoms with Crippen LogP contribution in [0.4, 0.5) is 8.78 Å². The summed E-state index contributed by atoms with van der Waals surface area (Å²) in [5.41, 5.74) is 0.426. The molecule has 6 rings (SSSR count). The number of aliphatic hydroxyl groups excluding tert-OH is 1. The molecule has 1 aliphatic heterocycles. The first-order valence-corrected chi connectivity index (χ1v) is 10.2. The van der Waals surface area contributed by atoms with E-state index in [9.17, 15) is 23.5 Å². The first-order valence-electron chi connectivity index (χ1n) is 10.2. The van der Waals surface area contributed by atoms with E-state index < -0.39 is 29.0 Å². The van der Waals surface area contributed by atoms with E-state index in [0.29, 0.717) is 16.5 Å². The van der Waals surface area contributed by atoms with Gasteiger partial charge >= 0.3 is 5.63 Å². The first-order chi connectivity index (χ1) is 15.9. The Morgan fingerprint density at radius 1 is 0.939 bits per heavy atom. The number of halogens is 2. The minimum absolute atomic E-state index is 0.0137. The zero-order chi connectivity index (χ0) is 22.9. The molecule has 1 atom stereocenters. The van der Waals surface area contributed by atoms with Crippen LogP contribution in [0.1, 0.15) is 28.2 Å². The van der Waals surface area contributed by atoms with Crippen molar-refractivity contribution < 1.29 is 27.8 Å². The number of carbonyl (C=O) groups is 1. The lowest BCUT2D eigenvalue weighted by Gasteiger charge is -2.31. The highest BCUT2D eigenvalue weighted by Crippen LogP contribution is 2.51. The monoisotopic (exact) mass is 444 g/mol. The molecule has 1 N–H and O–H groups in total. The topological polar surface area (TPSA) is 76.7 Å². The molecule has 0 saturated carbocycles. The molecule has 0 radical (unpaired) electrons. The molecule has 33 heavy (non-hydrogen) atoms. The Hall–Kier alpha value is -4.26. The number of rotatable bonds is 1. The van der Waals surface area contributed by atoms with Gasteiger partial charge in [-0.3, -0.25) is 4.79 Å². The quantitative estimate of drug-likeness (QED) is 0.398. The lowest BCUT2D eigenvalue weighted by atomic mass is 9.76. The smallest absolute Gasteiger partial charge is 0.344 e. The molecule has 1 unspecified atom stereocenters. The van der Waals surface area contributed by atoms with E-state index in [1.807, 2.05) is 0 Å². The van der Waals surface area contributed by atoms with Crippen LogP contribution in [0.5, 0.6) is 11.5 Å². The van der Waals surface area contributed by atoms with Crippen molar-refractivity contribution >= 4 is 22.5 Å². The van der Waals surface area contributed by atoms with Gasteiger partial charge in [-0.25, -0.2) is 13.6 Å². The van der Waals surface area contributed by atoms with Crippen molar-refractivity contribution in [2.45, 2.75) is 12.3 Å². The highest BCUT2D eigenvalue weighted by molar-refractivity contribution is 6.08. The lowest BCUT2D eigenvalue weighted by Crippen LogP contribution is -2.28. The maximum absolute atomic E-state index is 14.3. The zero-order valence-corrected chi connectivity index (χ0v) is 16.9. The Kier molecular flexibility index (Phi) is 4.04. The van der Waals surface area contributed by atoms with Gasteiger partial charge in [-0.2, -0.15) is 0 Å². The number of ketones is 1. The van der Waals surface area contributed by atoms with Crippen LogP contribution in [0.25, 0.3) is 16.7 Å². The van der Waals surface area contributed by atoms with Crippen LogP contribution >= 0.6 is 0 Å². The van der Waals surface area contributed by atoms with Crippen molar-refractivity contribution in [3.05, 3.63) is 111 Å². The van der Waals surface area contributed by atoms with Crippen LogP contribution in [-0.2, 0) is 11.2 Å². The minimum Gasteiger partial charge on any atom is -0.507 e. The van der Waals surface area contributed by atoms with Gasteiger partial charge in [0.15, 0.2) is 17.4 Å². The molecule has 3 aromatic carbocycles. The van der Waals surface area contributed by atoms with Crippen molar-refractivity contribution in [2.24, 2.45) is 0 Å². The second-order valence-corrected chi connectivity index (χ2v) is 7.99. The fourth-order valence-electron chi connectivity index (χ4n) is 4.67. The number of hydrogen-bond donors (Lipinski definition) is 1. The van der Waals surface area contributed by atoms with Crippen molar-refractivity contribution in [3.8, 4) is 11.5 Å². The van der Waals surface area contributed by atoms with E-state index in [1.54, 1.807) is 48.5 Å². The maximum Gasteiger partial charge on any atom is 0.344 e. The summed E-state index contributed by atoms with van der Waals surface area (Å²) in [4.78, 5) is 26.4. The molecule has 0 fully saturated rings. The van der Waals surface area contributed by atoms with Gasteiger partial charge < -0.3 is 14.3 Å². The largest absolute Gasteiger partial charge is 0.507 e. The van der Waals surface area contributed by atoms with Crippen molar-refractivity contribution in [2.75, 3.05) is 0 Å². The third-order valence-electron chi connectivity index (χ3n) is 6.13.